The van der Waals surface area contributed by atoms with Crippen LogP contribution in [0.15, 0.2) is 18.5 Å². The van der Waals surface area contributed by atoms with E-state index in [9.17, 15) is 8.42 Å². The number of sulfone groups is 1. The van der Waals surface area contributed by atoms with E-state index < -0.39 is 9.84 Å². The van der Waals surface area contributed by atoms with Crippen molar-refractivity contribution in [1.29, 1.82) is 0 Å². The fourth-order valence-corrected chi connectivity index (χ4v) is 6.60. The zero-order chi connectivity index (χ0) is 17.0. The second-order valence-corrected chi connectivity index (χ2v) is 9.81. The molecular weight excluding hydrogens is 338 g/mol. The van der Waals surface area contributed by atoms with Gasteiger partial charge in [-0.25, -0.2) is 13.4 Å². The van der Waals surface area contributed by atoms with Crippen molar-refractivity contribution >= 4 is 26.6 Å². The molecule has 2 aliphatic rings. The summed E-state index contributed by atoms with van der Waals surface area (Å²) in [6.45, 7) is 0. The Labute approximate surface area is 145 Å². The van der Waals surface area contributed by atoms with Gasteiger partial charge in [0.2, 0.25) is 0 Å². The molecule has 3 aromatic heterocycles. The molecule has 0 radical (unpaired) electrons. The highest BCUT2D eigenvalue weighted by Gasteiger charge is 2.37. The Morgan fingerprint density at radius 3 is 2.88 bits per heavy atom. The van der Waals surface area contributed by atoms with Crippen LogP contribution < -0.4 is 0 Å². The van der Waals surface area contributed by atoms with Gasteiger partial charge in [0.25, 0.3) is 0 Å². The lowest BCUT2D eigenvalue weighted by Crippen LogP contribution is -2.32. The van der Waals surface area contributed by atoms with E-state index in [1.54, 1.807) is 6.20 Å². The van der Waals surface area contributed by atoms with Crippen molar-refractivity contribution in [1.82, 2.24) is 24.6 Å². The van der Waals surface area contributed by atoms with Gasteiger partial charge < -0.3 is 4.98 Å². The van der Waals surface area contributed by atoms with E-state index >= 15 is 0 Å². The largest absolute Gasteiger partial charge is 0.345 e. The van der Waals surface area contributed by atoms with Gasteiger partial charge in [-0.05, 0) is 44.1 Å². The molecular formula is C17H21N5O2S. The highest BCUT2D eigenvalue weighted by molar-refractivity contribution is 7.92. The molecule has 3 heterocycles. The van der Waals surface area contributed by atoms with Crippen LogP contribution >= 0.6 is 0 Å². The van der Waals surface area contributed by atoms with Crippen molar-refractivity contribution in [2.45, 2.75) is 49.7 Å². The van der Waals surface area contributed by atoms with E-state index in [1.165, 1.54) is 0 Å². The number of hydrogen-bond acceptors (Lipinski definition) is 5. The van der Waals surface area contributed by atoms with Gasteiger partial charge in [0.1, 0.15) is 5.82 Å². The molecule has 25 heavy (non-hydrogen) atoms. The first-order valence-electron chi connectivity index (χ1n) is 9.00. The fraction of sp³-hybridized carbons (Fsp3) is 0.588. The van der Waals surface area contributed by atoms with E-state index in [0.29, 0.717) is 5.75 Å². The molecule has 2 fully saturated rings. The number of aromatic nitrogens is 5. The standard InChI is InChI=1S/C17H21N5O2S/c23-25(24,13-2-1-3-13)10-11-4-5-12(8-11)17-21-20-15-9-19-16-14(22(15)17)6-7-18-16/h6-7,9,11-13,18H,1-5,8,10H2/t11-,12+/m0/s1. The molecule has 0 spiro atoms. The zero-order valence-corrected chi connectivity index (χ0v) is 14.7. The fourth-order valence-electron chi connectivity index (χ4n) is 4.32. The number of fused-ring (bicyclic) bond motifs is 3. The maximum absolute atomic E-state index is 12.5. The van der Waals surface area contributed by atoms with Gasteiger partial charge >= 0.3 is 0 Å². The molecule has 0 unspecified atom stereocenters. The molecule has 2 saturated carbocycles. The van der Waals surface area contributed by atoms with Gasteiger partial charge in [-0.1, -0.05) is 6.42 Å². The molecule has 5 rings (SSSR count). The van der Waals surface area contributed by atoms with Crippen molar-refractivity contribution in [3.8, 4) is 0 Å². The quantitative estimate of drug-likeness (QED) is 0.772. The van der Waals surface area contributed by atoms with E-state index in [2.05, 4.69) is 24.6 Å². The normalized spacial score (nSPS) is 25.0. The zero-order valence-electron chi connectivity index (χ0n) is 13.9. The predicted octanol–water partition coefficient (Wildman–Crippen LogP) is 2.46. The maximum Gasteiger partial charge on any atom is 0.179 e. The molecule has 0 aromatic carbocycles. The van der Waals surface area contributed by atoms with Crippen LogP contribution in [0, 0.1) is 5.92 Å². The average Bonchev–Trinajstić information content (AvgIpc) is 3.21. The lowest BCUT2D eigenvalue weighted by atomic mass is 10.00. The lowest BCUT2D eigenvalue weighted by Gasteiger charge is -2.26. The minimum absolute atomic E-state index is 0.0778. The maximum atomic E-state index is 12.5. The summed E-state index contributed by atoms with van der Waals surface area (Å²) in [5.41, 5.74) is 2.53. The van der Waals surface area contributed by atoms with Crippen molar-refractivity contribution in [3.63, 3.8) is 0 Å². The Morgan fingerprint density at radius 1 is 1.20 bits per heavy atom. The minimum atomic E-state index is -2.93. The van der Waals surface area contributed by atoms with Gasteiger partial charge in [-0.15, -0.1) is 10.2 Å². The summed E-state index contributed by atoms with van der Waals surface area (Å²) in [6.07, 6.45) is 9.15. The van der Waals surface area contributed by atoms with Gasteiger partial charge in [-0.2, -0.15) is 0 Å². The molecule has 8 heteroatoms. The topological polar surface area (TPSA) is 93.0 Å². The summed E-state index contributed by atoms with van der Waals surface area (Å²) in [5.74, 6) is 1.78. The molecule has 132 valence electrons. The highest BCUT2D eigenvalue weighted by atomic mass is 32.2. The summed E-state index contributed by atoms with van der Waals surface area (Å²) in [5, 5.41) is 8.59. The monoisotopic (exact) mass is 359 g/mol. The van der Waals surface area contributed by atoms with Crippen molar-refractivity contribution < 1.29 is 8.42 Å². The van der Waals surface area contributed by atoms with Crippen molar-refractivity contribution in [2.75, 3.05) is 5.75 Å². The summed E-state index contributed by atoms with van der Waals surface area (Å²) < 4.78 is 27.0. The number of aromatic amines is 1. The molecule has 0 aliphatic heterocycles. The molecule has 3 aromatic rings. The van der Waals surface area contributed by atoms with Crippen LogP contribution in [-0.2, 0) is 9.84 Å². The third-order valence-corrected chi connectivity index (χ3v) is 8.32. The smallest absolute Gasteiger partial charge is 0.179 e. The summed E-state index contributed by atoms with van der Waals surface area (Å²) in [7, 11) is -2.93. The van der Waals surface area contributed by atoms with Gasteiger partial charge in [0.05, 0.1) is 22.7 Å². The van der Waals surface area contributed by atoms with E-state index in [4.69, 9.17) is 0 Å². The number of hydrogen-bond donors (Lipinski definition) is 1. The van der Waals surface area contributed by atoms with Gasteiger partial charge in [0.15, 0.2) is 21.1 Å². The van der Waals surface area contributed by atoms with Crippen LogP contribution in [-0.4, -0.2) is 44.0 Å². The summed E-state index contributed by atoms with van der Waals surface area (Å²) >= 11 is 0. The molecule has 0 amide bonds. The second-order valence-electron chi connectivity index (χ2n) is 7.48. The van der Waals surface area contributed by atoms with Crippen LogP contribution in [0.25, 0.3) is 16.8 Å². The third kappa shape index (κ3) is 2.46. The number of nitrogens with zero attached hydrogens (tertiary/aromatic N) is 4. The Morgan fingerprint density at radius 2 is 2.08 bits per heavy atom. The van der Waals surface area contributed by atoms with Crippen LogP contribution in [0.1, 0.15) is 50.3 Å². The molecule has 0 saturated heterocycles. The highest BCUT2D eigenvalue weighted by Crippen LogP contribution is 2.40. The van der Waals surface area contributed by atoms with Crippen LogP contribution in [0.4, 0.5) is 0 Å². The molecule has 1 N–H and O–H groups in total. The predicted molar refractivity (Wildman–Crippen MR) is 94.1 cm³/mol. The first-order valence-corrected chi connectivity index (χ1v) is 10.7. The van der Waals surface area contributed by atoms with Gasteiger partial charge in [-0.3, -0.25) is 4.40 Å². The molecule has 7 nitrogen and oxygen atoms in total. The number of H-pyrrole nitrogens is 1. The summed E-state index contributed by atoms with van der Waals surface area (Å²) in [4.78, 5) is 7.47. The SMILES string of the molecule is O=S(=O)(C[C@H]1CC[C@@H](c2nnc3cnc4[nH]ccc4n23)C1)C1CCC1. The van der Waals surface area contributed by atoms with Crippen LogP contribution in [0.2, 0.25) is 0 Å². The number of rotatable bonds is 4. The van der Waals surface area contributed by atoms with Crippen molar-refractivity contribution in [3.05, 3.63) is 24.3 Å². The molecule has 2 aliphatic carbocycles. The Hall–Kier alpha value is -1.96. The number of nitrogens with one attached hydrogen (secondary N) is 1. The Balaban J connectivity index is 1.41. The molecule has 0 bridgehead atoms. The van der Waals surface area contributed by atoms with Crippen LogP contribution in [0.5, 0.6) is 0 Å². The third-order valence-electron chi connectivity index (χ3n) is 5.90. The lowest BCUT2D eigenvalue weighted by molar-refractivity contribution is 0.467. The first kappa shape index (κ1) is 15.3. The first-order chi connectivity index (χ1) is 12.1. The van der Waals surface area contributed by atoms with E-state index in [-0.39, 0.29) is 17.1 Å². The Kier molecular flexibility index (Phi) is 3.38. The minimum Gasteiger partial charge on any atom is -0.345 e. The van der Waals surface area contributed by atoms with E-state index in [1.807, 2.05) is 12.3 Å². The van der Waals surface area contributed by atoms with Crippen LogP contribution in [0.3, 0.4) is 0 Å². The van der Waals surface area contributed by atoms with E-state index in [0.717, 1.165) is 61.2 Å². The van der Waals surface area contributed by atoms with Gasteiger partial charge in [0, 0.05) is 12.1 Å². The average molecular weight is 359 g/mol. The Bertz CT molecular complexity index is 1030. The summed E-state index contributed by atoms with van der Waals surface area (Å²) in [6, 6.07) is 1.98. The second kappa shape index (κ2) is 5.52. The van der Waals surface area contributed by atoms with Crippen molar-refractivity contribution in [2.24, 2.45) is 5.92 Å². The molecule has 2 atom stereocenters.